The van der Waals surface area contributed by atoms with E-state index in [0.29, 0.717) is 21.9 Å². The molecule has 3 rings (SSSR count). The number of nitrogens with zero attached hydrogens (tertiary/aromatic N) is 3. The predicted molar refractivity (Wildman–Crippen MR) is 79.3 cm³/mol. The second-order valence-electron chi connectivity index (χ2n) is 3.99. The Hall–Kier alpha value is -2.21. The second kappa shape index (κ2) is 4.47. The third-order valence-electron chi connectivity index (χ3n) is 2.74. The van der Waals surface area contributed by atoms with Gasteiger partial charge in [-0.3, -0.25) is 0 Å². The fourth-order valence-corrected chi connectivity index (χ4v) is 2.10. The van der Waals surface area contributed by atoms with Gasteiger partial charge in [0.2, 0.25) is 0 Å². The predicted octanol–water partition coefficient (Wildman–Crippen LogP) is 3.01. The number of imidazole rings is 1. The number of aromatic amines is 1. The molecule has 0 saturated heterocycles. The quantitative estimate of drug-likeness (QED) is 0.761. The molecule has 2 heterocycles. The van der Waals surface area contributed by atoms with Gasteiger partial charge in [-0.15, -0.1) is 0 Å². The molecule has 1 aromatic carbocycles. The van der Waals surface area contributed by atoms with Crippen molar-refractivity contribution in [1.29, 1.82) is 0 Å². The highest BCUT2D eigenvalue weighted by Gasteiger charge is 2.11. The van der Waals surface area contributed by atoms with Crippen molar-refractivity contribution in [2.45, 2.75) is 0 Å². The zero-order valence-corrected chi connectivity index (χ0v) is 11.5. The molecule has 94 valence electrons. The number of nitrogen functional groups attached to an aromatic ring is 1. The van der Waals surface area contributed by atoms with Crippen LogP contribution >= 0.6 is 15.9 Å². The Labute approximate surface area is 117 Å². The molecule has 0 spiro atoms. The molecule has 0 unspecified atom stereocenters. The lowest BCUT2D eigenvalue weighted by Crippen LogP contribution is -1.98. The fraction of sp³-hybridized carbons (Fsp3) is 0. The molecule has 3 N–H and O–H groups in total. The Morgan fingerprint density at radius 1 is 1.32 bits per heavy atom. The van der Waals surface area contributed by atoms with Gasteiger partial charge in [-0.1, -0.05) is 18.7 Å². The summed E-state index contributed by atoms with van der Waals surface area (Å²) in [7, 11) is 0. The molecule has 0 radical (unpaired) electrons. The minimum atomic E-state index is 0.339. The zero-order chi connectivity index (χ0) is 13.4. The van der Waals surface area contributed by atoms with E-state index < -0.39 is 0 Å². The first-order chi connectivity index (χ1) is 9.17. The number of rotatable bonds is 2. The van der Waals surface area contributed by atoms with Crippen molar-refractivity contribution in [3.63, 3.8) is 0 Å². The Morgan fingerprint density at radius 3 is 2.95 bits per heavy atom. The standard InChI is InChI=1S/C13H10BrN5/c1-2-7-3-4-8-9(5-7)18-13(17-8)11-12(15)16-6-10(14)19-11/h2-6H,1H2,(H2,15,16)(H,17,18). The van der Waals surface area contributed by atoms with Crippen LogP contribution in [0.15, 0.2) is 35.6 Å². The molecule has 0 aliphatic heterocycles. The minimum Gasteiger partial charge on any atom is -0.382 e. The van der Waals surface area contributed by atoms with E-state index in [1.54, 1.807) is 12.3 Å². The maximum atomic E-state index is 5.83. The highest BCUT2D eigenvalue weighted by atomic mass is 79.9. The van der Waals surface area contributed by atoms with Crippen LogP contribution in [0.3, 0.4) is 0 Å². The van der Waals surface area contributed by atoms with Crippen molar-refractivity contribution in [1.82, 2.24) is 19.9 Å². The van der Waals surface area contributed by atoms with Crippen LogP contribution in [-0.4, -0.2) is 19.9 Å². The number of nitrogens with one attached hydrogen (secondary N) is 1. The maximum Gasteiger partial charge on any atom is 0.161 e. The number of aromatic nitrogens is 4. The van der Waals surface area contributed by atoms with Gasteiger partial charge in [-0.05, 0) is 33.6 Å². The monoisotopic (exact) mass is 315 g/mol. The molecule has 5 nitrogen and oxygen atoms in total. The van der Waals surface area contributed by atoms with Crippen LogP contribution in [0, 0.1) is 0 Å². The molecule has 2 aromatic heterocycles. The highest BCUT2D eigenvalue weighted by Crippen LogP contribution is 2.24. The zero-order valence-electron chi connectivity index (χ0n) is 9.89. The topological polar surface area (TPSA) is 80.5 Å². The third-order valence-corrected chi connectivity index (χ3v) is 3.12. The molecule has 0 aliphatic rings. The lowest BCUT2D eigenvalue weighted by molar-refractivity contribution is 1.15. The average Bonchev–Trinajstić information content (AvgIpc) is 2.83. The van der Waals surface area contributed by atoms with Crippen molar-refractivity contribution in [3.05, 3.63) is 41.1 Å². The van der Waals surface area contributed by atoms with Crippen molar-refractivity contribution >= 4 is 38.9 Å². The summed E-state index contributed by atoms with van der Waals surface area (Å²) in [4.78, 5) is 16.0. The SMILES string of the molecule is C=Cc1ccc2nc(-c3nc(Br)cnc3N)[nH]c2c1. The first-order valence-corrected chi connectivity index (χ1v) is 6.37. The van der Waals surface area contributed by atoms with Gasteiger partial charge < -0.3 is 10.7 Å². The third kappa shape index (κ3) is 2.10. The summed E-state index contributed by atoms with van der Waals surface area (Å²) in [5.74, 6) is 0.939. The number of hydrogen-bond acceptors (Lipinski definition) is 4. The Bertz CT molecular complexity index is 778. The smallest absolute Gasteiger partial charge is 0.161 e. The molecule has 0 amide bonds. The van der Waals surface area contributed by atoms with Crippen LogP contribution in [0.5, 0.6) is 0 Å². The summed E-state index contributed by atoms with van der Waals surface area (Å²) >= 11 is 3.28. The van der Waals surface area contributed by atoms with Crippen molar-refractivity contribution in [2.24, 2.45) is 0 Å². The number of hydrogen-bond donors (Lipinski definition) is 2. The van der Waals surface area contributed by atoms with Crippen LogP contribution in [0.2, 0.25) is 0 Å². The summed E-state index contributed by atoms with van der Waals surface area (Å²) in [6.45, 7) is 3.75. The molecule has 0 aliphatic carbocycles. The van der Waals surface area contributed by atoms with E-state index in [9.17, 15) is 0 Å². The van der Waals surface area contributed by atoms with E-state index in [4.69, 9.17) is 5.73 Å². The Balaban J connectivity index is 2.20. The Morgan fingerprint density at radius 2 is 2.16 bits per heavy atom. The molecule has 0 saturated carbocycles. The van der Waals surface area contributed by atoms with E-state index in [1.807, 2.05) is 18.2 Å². The van der Waals surface area contributed by atoms with Gasteiger partial charge in [0, 0.05) is 0 Å². The lowest BCUT2D eigenvalue weighted by Gasteiger charge is -2.00. The average molecular weight is 316 g/mol. The number of anilines is 1. The van der Waals surface area contributed by atoms with Crippen LogP contribution in [0.4, 0.5) is 5.82 Å². The normalized spacial score (nSPS) is 10.8. The van der Waals surface area contributed by atoms with Crippen molar-refractivity contribution < 1.29 is 0 Å². The number of halogens is 1. The summed E-state index contributed by atoms with van der Waals surface area (Å²) in [5.41, 5.74) is 9.15. The summed E-state index contributed by atoms with van der Waals surface area (Å²) < 4.78 is 0.615. The molecule has 3 aromatic rings. The molecule has 0 bridgehead atoms. The van der Waals surface area contributed by atoms with E-state index in [1.165, 1.54) is 0 Å². The van der Waals surface area contributed by atoms with Crippen molar-refractivity contribution in [2.75, 3.05) is 5.73 Å². The lowest BCUT2D eigenvalue weighted by atomic mass is 10.2. The Kier molecular flexibility index (Phi) is 2.79. The van der Waals surface area contributed by atoms with Crippen LogP contribution in [0.1, 0.15) is 5.56 Å². The number of H-pyrrole nitrogens is 1. The van der Waals surface area contributed by atoms with E-state index in [0.717, 1.165) is 16.6 Å². The van der Waals surface area contributed by atoms with Gasteiger partial charge >= 0.3 is 0 Å². The van der Waals surface area contributed by atoms with Gasteiger partial charge in [0.05, 0.1) is 17.2 Å². The summed E-state index contributed by atoms with van der Waals surface area (Å²) in [5, 5.41) is 0. The van der Waals surface area contributed by atoms with Crippen LogP contribution < -0.4 is 5.73 Å². The number of fused-ring (bicyclic) bond motifs is 1. The van der Waals surface area contributed by atoms with Gasteiger partial charge in [-0.2, -0.15) is 0 Å². The minimum absolute atomic E-state index is 0.339. The largest absolute Gasteiger partial charge is 0.382 e. The van der Waals surface area contributed by atoms with E-state index >= 15 is 0 Å². The number of benzene rings is 1. The molecular formula is C13H10BrN5. The molecule has 19 heavy (non-hydrogen) atoms. The van der Waals surface area contributed by atoms with Gasteiger partial charge in [0.25, 0.3) is 0 Å². The molecule has 0 fully saturated rings. The van der Waals surface area contributed by atoms with Crippen molar-refractivity contribution in [3.8, 4) is 11.5 Å². The van der Waals surface area contributed by atoms with Crippen LogP contribution in [0.25, 0.3) is 28.6 Å². The molecule has 0 atom stereocenters. The first-order valence-electron chi connectivity index (χ1n) is 5.58. The molecule has 6 heteroatoms. The summed E-state index contributed by atoms with van der Waals surface area (Å²) in [6, 6.07) is 5.85. The number of nitrogens with two attached hydrogens (primary N) is 1. The van der Waals surface area contributed by atoms with E-state index in [-0.39, 0.29) is 0 Å². The molecular weight excluding hydrogens is 306 g/mol. The van der Waals surface area contributed by atoms with Gasteiger partial charge in [0.15, 0.2) is 11.6 Å². The van der Waals surface area contributed by atoms with Crippen LogP contribution in [-0.2, 0) is 0 Å². The second-order valence-corrected chi connectivity index (χ2v) is 4.81. The maximum absolute atomic E-state index is 5.83. The fourth-order valence-electron chi connectivity index (χ4n) is 1.82. The first kappa shape index (κ1) is 11.9. The summed E-state index contributed by atoms with van der Waals surface area (Å²) in [6.07, 6.45) is 3.34. The van der Waals surface area contributed by atoms with E-state index in [2.05, 4.69) is 42.4 Å². The van der Waals surface area contributed by atoms with Gasteiger partial charge in [0.1, 0.15) is 10.3 Å². The van der Waals surface area contributed by atoms with Gasteiger partial charge in [-0.25, -0.2) is 15.0 Å². The highest BCUT2D eigenvalue weighted by molar-refractivity contribution is 9.10.